The maximum atomic E-state index is 12.3. The molecule has 32 heavy (non-hydrogen) atoms. The highest BCUT2D eigenvalue weighted by Gasteiger charge is 2.22. The number of nitrogens with one attached hydrogen (secondary N) is 1. The van der Waals surface area contributed by atoms with Crippen molar-refractivity contribution in [2.45, 2.75) is 23.0 Å². The Bertz CT molecular complexity index is 1270. The van der Waals surface area contributed by atoms with E-state index in [4.69, 9.17) is 4.42 Å². The first-order chi connectivity index (χ1) is 15.2. The van der Waals surface area contributed by atoms with Gasteiger partial charge < -0.3 is 14.6 Å². The van der Waals surface area contributed by atoms with Gasteiger partial charge in [0.25, 0.3) is 5.22 Å². The van der Waals surface area contributed by atoms with Crippen molar-refractivity contribution in [1.29, 1.82) is 0 Å². The Kier molecular flexibility index (Phi) is 6.22. The summed E-state index contributed by atoms with van der Waals surface area (Å²) in [5, 5.41) is 3.07. The molecule has 3 aromatic rings. The molecule has 9 nitrogen and oxygen atoms in total. The zero-order valence-corrected chi connectivity index (χ0v) is 19.2. The van der Waals surface area contributed by atoms with Crippen LogP contribution in [0.15, 0.2) is 57.0 Å². The van der Waals surface area contributed by atoms with Crippen molar-refractivity contribution in [3.63, 3.8) is 0 Å². The molecule has 0 atom stereocenters. The number of aromatic nitrogens is 1. The molecule has 1 aliphatic rings. The molecule has 1 fully saturated rings. The van der Waals surface area contributed by atoms with Gasteiger partial charge in [-0.05, 0) is 48.9 Å². The summed E-state index contributed by atoms with van der Waals surface area (Å²) in [4.78, 5) is 30.3. The molecule has 2 heterocycles. The Morgan fingerprint density at radius 2 is 1.97 bits per heavy atom. The summed E-state index contributed by atoms with van der Waals surface area (Å²) < 4.78 is 31.3. The van der Waals surface area contributed by atoms with Gasteiger partial charge in [-0.25, -0.2) is 17.7 Å². The van der Waals surface area contributed by atoms with Crippen LogP contribution in [-0.2, 0) is 19.6 Å². The summed E-state index contributed by atoms with van der Waals surface area (Å²) in [6.45, 7) is 0.717. The van der Waals surface area contributed by atoms with Crippen LogP contribution in [-0.4, -0.2) is 55.9 Å². The third kappa shape index (κ3) is 4.64. The number of thioether (sulfide) groups is 1. The van der Waals surface area contributed by atoms with E-state index in [1.807, 2.05) is 12.1 Å². The molecule has 0 bridgehead atoms. The standard InChI is InChI=1S/C21H22N4O5S2/c1-24(2)32(28,29)16-9-10-18-17(12-16)23-21(30-18)31-13-19(26)22-14-5-7-15(8-6-14)25-11-3-4-20(25)27/h5-10,12H,3-4,11,13H2,1-2H3,(H,22,26). The van der Waals surface area contributed by atoms with Crippen molar-refractivity contribution in [3.8, 4) is 0 Å². The number of sulfonamides is 1. The van der Waals surface area contributed by atoms with E-state index in [0.717, 1.165) is 28.2 Å². The van der Waals surface area contributed by atoms with Gasteiger partial charge in [0.1, 0.15) is 5.52 Å². The molecule has 1 aromatic heterocycles. The molecule has 0 saturated carbocycles. The van der Waals surface area contributed by atoms with Crippen molar-refractivity contribution in [3.05, 3.63) is 42.5 Å². The molecule has 0 radical (unpaired) electrons. The van der Waals surface area contributed by atoms with Gasteiger partial charge in [0.15, 0.2) is 5.58 Å². The summed E-state index contributed by atoms with van der Waals surface area (Å²) in [6.07, 6.45) is 1.43. The van der Waals surface area contributed by atoms with Crippen molar-refractivity contribution in [1.82, 2.24) is 9.29 Å². The lowest BCUT2D eigenvalue weighted by molar-refractivity contribution is -0.117. The van der Waals surface area contributed by atoms with Crippen LogP contribution in [0.4, 0.5) is 11.4 Å². The molecule has 0 spiro atoms. The number of fused-ring (bicyclic) bond motifs is 1. The third-order valence-corrected chi connectivity index (χ3v) is 7.62. The first kappa shape index (κ1) is 22.3. The molecule has 2 amide bonds. The number of oxazole rings is 1. The van der Waals surface area contributed by atoms with Gasteiger partial charge in [-0.3, -0.25) is 9.59 Å². The number of nitrogens with zero attached hydrogens (tertiary/aromatic N) is 3. The van der Waals surface area contributed by atoms with E-state index >= 15 is 0 Å². The molecule has 4 rings (SSSR count). The summed E-state index contributed by atoms with van der Waals surface area (Å²) in [5.41, 5.74) is 2.30. The minimum Gasteiger partial charge on any atom is -0.431 e. The zero-order valence-electron chi connectivity index (χ0n) is 17.6. The second kappa shape index (κ2) is 8.93. The minimum absolute atomic E-state index is 0.0715. The molecule has 1 aliphatic heterocycles. The highest BCUT2D eigenvalue weighted by Crippen LogP contribution is 2.27. The number of carbonyl (C=O) groups is 2. The van der Waals surface area contributed by atoms with Crippen LogP contribution in [0.2, 0.25) is 0 Å². The van der Waals surface area contributed by atoms with Crippen molar-refractivity contribution in [2.24, 2.45) is 0 Å². The fourth-order valence-electron chi connectivity index (χ4n) is 3.29. The van der Waals surface area contributed by atoms with Gasteiger partial charge in [0.2, 0.25) is 21.8 Å². The lowest BCUT2D eigenvalue weighted by Gasteiger charge is -2.16. The summed E-state index contributed by atoms with van der Waals surface area (Å²) in [6, 6.07) is 11.6. The number of benzene rings is 2. The average molecular weight is 475 g/mol. The van der Waals surface area contributed by atoms with Gasteiger partial charge >= 0.3 is 0 Å². The van der Waals surface area contributed by atoms with Crippen LogP contribution >= 0.6 is 11.8 Å². The third-order valence-electron chi connectivity index (χ3n) is 4.98. The topological polar surface area (TPSA) is 113 Å². The monoisotopic (exact) mass is 474 g/mol. The normalized spacial score (nSPS) is 14.5. The predicted octanol–water partition coefficient (Wildman–Crippen LogP) is 2.94. The van der Waals surface area contributed by atoms with E-state index in [0.29, 0.717) is 29.8 Å². The van der Waals surface area contributed by atoms with Crippen LogP contribution in [0.5, 0.6) is 0 Å². The SMILES string of the molecule is CN(C)S(=O)(=O)c1ccc2oc(SCC(=O)Nc3ccc(N4CCCC4=O)cc3)nc2c1. The second-order valence-corrected chi connectivity index (χ2v) is 10.5. The van der Waals surface area contributed by atoms with Gasteiger partial charge in [-0.15, -0.1) is 0 Å². The van der Waals surface area contributed by atoms with E-state index in [9.17, 15) is 18.0 Å². The zero-order chi connectivity index (χ0) is 22.9. The van der Waals surface area contributed by atoms with Crippen molar-refractivity contribution >= 4 is 56.1 Å². The Hall–Kier alpha value is -2.89. The predicted molar refractivity (Wildman–Crippen MR) is 122 cm³/mol. The minimum atomic E-state index is -3.57. The first-order valence-electron chi connectivity index (χ1n) is 9.90. The maximum Gasteiger partial charge on any atom is 0.257 e. The largest absolute Gasteiger partial charge is 0.431 e. The quantitative estimate of drug-likeness (QED) is 0.524. The second-order valence-electron chi connectivity index (χ2n) is 7.43. The van der Waals surface area contributed by atoms with Gasteiger partial charge in [-0.1, -0.05) is 11.8 Å². The van der Waals surface area contributed by atoms with Crippen LogP contribution in [0.3, 0.4) is 0 Å². The van der Waals surface area contributed by atoms with Crippen LogP contribution < -0.4 is 10.2 Å². The summed E-state index contributed by atoms with van der Waals surface area (Å²) in [7, 11) is -0.652. The smallest absolute Gasteiger partial charge is 0.257 e. The Morgan fingerprint density at radius 3 is 2.62 bits per heavy atom. The Morgan fingerprint density at radius 1 is 1.22 bits per heavy atom. The molecule has 1 saturated heterocycles. The van der Waals surface area contributed by atoms with E-state index in [-0.39, 0.29) is 27.7 Å². The van der Waals surface area contributed by atoms with Crippen LogP contribution in [0, 0.1) is 0 Å². The molecule has 0 aliphatic carbocycles. The summed E-state index contributed by atoms with van der Waals surface area (Å²) >= 11 is 1.11. The fourth-order valence-corrected chi connectivity index (χ4v) is 4.85. The lowest BCUT2D eigenvalue weighted by atomic mass is 10.2. The Balaban J connectivity index is 1.37. The van der Waals surface area contributed by atoms with Gasteiger partial charge in [-0.2, -0.15) is 0 Å². The number of hydrogen-bond acceptors (Lipinski definition) is 7. The van der Waals surface area contributed by atoms with Crippen molar-refractivity contribution < 1.29 is 22.4 Å². The number of amides is 2. The first-order valence-corrected chi connectivity index (χ1v) is 12.3. The Labute approximate surface area is 189 Å². The number of anilines is 2. The molecule has 0 unspecified atom stereocenters. The molecule has 168 valence electrons. The maximum absolute atomic E-state index is 12.3. The molecule has 1 N–H and O–H groups in total. The number of carbonyl (C=O) groups excluding carboxylic acids is 2. The average Bonchev–Trinajstić information content (AvgIpc) is 3.37. The number of hydrogen-bond donors (Lipinski definition) is 1. The fraction of sp³-hybridized carbons (Fsp3) is 0.286. The highest BCUT2D eigenvalue weighted by molar-refractivity contribution is 7.99. The van der Waals surface area contributed by atoms with E-state index in [1.165, 1.54) is 26.2 Å². The lowest BCUT2D eigenvalue weighted by Crippen LogP contribution is -2.23. The van der Waals surface area contributed by atoms with Gasteiger partial charge in [0.05, 0.1) is 10.6 Å². The van der Waals surface area contributed by atoms with Gasteiger partial charge in [0, 0.05) is 38.4 Å². The van der Waals surface area contributed by atoms with E-state index in [2.05, 4.69) is 10.3 Å². The molecule has 11 heteroatoms. The summed E-state index contributed by atoms with van der Waals surface area (Å²) in [5.74, 6) is -0.0525. The van der Waals surface area contributed by atoms with E-state index < -0.39 is 10.0 Å². The van der Waals surface area contributed by atoms with E-state index in [1.54, 1.807) is 23.1 Å². The van der Waals surface area contributed by atoms with Crippen LogP contribution in [0.25, 0.3) is 11.1 Å². The molecular weight excluding hydrogens is 452 g/mol. The van der Waals surface area contributed by atoms with Crippen molar-refractivity contribution in [2.75, 3.05) is 36.6 Å². The van der Waals surface area contributed by atoms with Crippen LogP contribution in [0.1, 0.15) is 12.8 Å². The number of rotatable bonds is 7. The highest BCUT2D eigenvalue weighted by atomic mass is 32.2. The molecular formula is C21H22N4O5S2. The molecule has 2 aromatic carbocycles.